The number of ether oxygens (including phenoxy) is 1. The van der Waals surface area contributed by atoms with Gasteiger partial charge in [-0.3, -0.25) is 4.79 Å². The Balaban J connectivity index is 1.97. The summed E-state index contributed by atoms with van der Waals surface area (Å²) in [7, 11) is 1.63. The highest BCUT2D eigenvalue weighted by atomic mass is 35.5. The maximum Gasteiger partial charge on any atom is 0.331 e. The number of carbonyl (C=O) groups is 2. The van der Waals surface area contributed by atoms with Gasteiger partial charge in [-0.25, -0.2) is 4.79 Å². The third-order valence-corrected chi connectivity index (χ3v) is 4.04. The Morgan fingerprint density at radius 2 is 1.80 bits per heavy atom. The van der Waals surface area contributed by atoms with Gasteiger partial charge in [-0.1, -0.05) is 47.5 Å². The first-order valence-corrected chi connectivity index (χ1v) is 8.30. The maximum atomic E-state index is 12.3. The molecule has 0 saturated heterocycles. The molecular formula is C19H17Cl2NO3. The topological polar surface area (TPSA) is 46.6 Å². The predicted octanol–water partition coefficient (Wildman–Crippen LogP) is 4.60. The minimum Gasteiger partial charge on any atom is -0.449 e. The number of rotatable bonds is 5. The van der Waals surface area contributed by atoms with Crippen LogP contribution in [-0.4, -0.2) is 25.0 Å². The normalized spacial score (nSPS) is 12.0. The van der Waals surface area contributed by atoms with Crippen molar-refractivity contribution in [2.75, 3.05) is 11.9 Å². The van der Waals surface area contributed by atoms with E-state index in [9.17, 15) is 9.59 Å². The predicted molar refractivity (Wildman–Crippen MR) is 101 cm³/mol. The standard InChI is InChI=1S/C19H17Cl2NO3/c1-13(19(24)22(2)16-6-4-3-5-7-16)25-18(23)11-9-14-8-10-15(20)12-17(14)21/h3-13H,1-2H3/b11-9+/t13-/m0/s1. The Kier molecular flexibility index (Phi) is 6.62. The fourth-order valence-corrected chi connectivity index (χ4v) is 2.58. The third-order valence-electron chi connectivity index (χ3n) is 3.48. The van der Waals surface area contributed by atoms with E-state index in [1.165, 1.54) is 24.0 Å². The number of hydrogen-bond acceptors (Lipinski definition) is 3. The minimum atomic E-state index is -0.914. The number of likely N-dealkylation sites (N-methyl/N-ethyl adjacent to an activating group) is 1. The van der Waals surface area contributed by atoms with Gasteiger partial charge >= 0.3 is 5.97 Å². The average molecular weight is 378 g/mol. The van der Waals surface area contributed by atoms with Crippen LogP contribution >= 0.6 is 23.2 Å². The zero-order valence-corrected chi connectivity index (χ0v) is 15.3. The monoisotopic (exact) mass is 377 g/mol. The second-order valence-corrected chi connectivity index (χ2v) is 6.15. The summed E-state index contributed by atoms with van der Waals surface area (Å²) in [5.41, 5.74) is 1.35. The highest BCUT2D eigenvalue weighted by molar-refractivity contribution is 6.35. The van der Waals surface area contributed by atoms with Crippen molar-refractivity contribution in [2.24, 2.45) is 0 Å². The van der Waals surface area contributed by atoms with Crippen LogP contribution in [0, 0.1) is 0 Å². The van der Waals surface area contributed by atoms with Crippen LogP contribution in [0.1, 0.15) is 12.5 Å². The van der Waals surface area contributed by atoms with E-state index < -0.39 is 12.1 Å². The van der Waals surface area contributed by atoms with Crippen LogP contribution in [0.15, 0.2) is 54.6 Å². The van der Waals surface area contributed by atoms with Crippen LogP contribution in [0.5, 0.6) is 0 Å². The molecule has 0 aliphatic heterocycles. The molecule has 0 N–H and O–H groups in total. The van der Waals surface area contributed by atoms with Crippen molar-refractivity contribution < 1.29 is 14.3 Å². The SMILES string of the molecule is C[C@H](OC(=O)/C=C/c1ccc(Cl)cc1Cl)C(=O)N(C)c1ccccc1. The molecule has 6 heteroatoms. The van der Waals surface area contributed by atoms with Crippen molar-refractivity contribution in [2.45, 2.75) is 13.0 Å². The zero-order chi connectivity index (χ0) is 18.4. The molecule has 0 spiro atoms. The highest BCUT2D eigenvalue weighted by Crippen LogP contribution is 2.22. The first-order chi connectivity index (χ1) is 11.9. The van der Waals surface area contributed by atoms with Crippen molar-refractivity contribution in [1.82, 2.24) is 0 Å². The Hall–Kier alpha value is -2.30. The molecule has 0 aliphatic carbocycles. The van der Waals surface area contributed by atoms with Gasteiger partial charge in [0.25, 0.3) is 5.91 Å². The van der Waals surface area contributed by atoms with Gasteiger partial charge in [0, 0.05) is 28.9 Å². The number of para-hydroxylation sites is 1. The number of benzene rings is 2. The van der Waals surface area contributed by atoms with Gasteiger partial charge in [-0.15, -0.1) is 0 Å². The van der Waals surface area contributed by atoms with E-state index in [0.29, 0.717) is 15.6 Å². The van der Waals surface area contributed by atoms with Crippen molar-refractivity contribution >= 4 is 46.8 Å². The number of amides is 1. The van der Waals surface area contributed by atoms with Gasteiger partial charge in [0.1, 0.15) is 0 Å². The largest absolute Gasteiger partial charge is 0.449 e. The van der Waals surface area contributed by atoms with Crippen LogP contribution in [0.2, 0.25) is 10.0 Å². The summed E-state index contributed by atoms with van der Waals surface area (Å²) in [6.45, 7) is 1.53. The molecule has 0 aromatic heterocycles. The van der Waals surface area contributed by atoms with Crippen molar-refractivity contribution in [3.05, 3.63) is 70.2 Å². The zero-order valence-electron chi connectivity index (χ0n) is 13.8. The summed E-state index contributed by atoms with van der Waals surface area (Å²) in [5, 5.41) is 0.928. The molecule has 25 heavy (non-hydrogen) atoms. The van der Waals surface area contributed by atoms with E-state index in [1.807, 2.05) is 18.2 Å². The van der Waals surface area contributed by atoms with Crippen LogP contribution in [0.25, 0.3) is 6.08 Å². The summed E-state index contributed by atoms with van der Waals surface area (Å²) in [6.07, 6.45) is 1.82. The second-order valence-electron chi connectivity index (χ2n) is 5.31. The van der Waals surface area contributed by atoms with Crippen LogP contribution < -0.4 is 4.90 Å². The quantitative estimate of drug-likeness (QED) is 0.564. The van der Waals surface area contributed by atoms with E-state index in [1.54, 1.807) is 37.4 Å². The number of halogens is 2. The van der Waals surface area contributed by atoms with Gasteiger partial charge in [0.2, 0.25) is 0 Å². The molecule has 4 nitrogen and oxygen atoms in total. The second kappa shape index (κ2) is 8.70. The van der Waals surface area contributed by atoms with E-state index in [-0.39, 0.29) is 5.91 Å². The summed E-state index contributed by atoms with van der Waals surface area (Å²) in [5.74, 6) is -0.953. The van der Waals surface area contributed by atoms with Crippen LogP contribution in [0.4, 0.5) is 5.69 Å². The Bertz CT molecular complexity index is 791. The molecule has 2 aromatic carbocycles. The molecule has 130 valence electrons. The molecule has 1 atom stereocenters. The summed E-state index contributed by atoms with van der Waals surface area (Å²) < 4.78 is 5.15. The number of anilines is 1. The highest BCUT2D eigenvalue weighted by Gasteiger charge is 2.21. The fraction of sp³-hybridized carbons (Fsp3) is 0.158. The van der Waals surface area contributed by atoms with Gasteiger partial charge in [-0.2, -0.15) is 0 Å². The molecule has 1 amide bonds. The van der Waals surface area contributed by atoms with Crippen molar-refractivity contribution in [3.8, 4) is 0 Å². The lowest BCUT2D eigenvalue weighted by Crippen LogP contribution is -2.37. The molecule has 2 aromatic rings. The lowest BCUT2D eigenvalue weighted by atomic mass is 10.2. The Morgan fingerprint density at radius 3 is 2.44 bits per heavy atom. The Morgan fingerprint density at radius 1 is 1.12 bits per heavy atom. The van der Waals surface area contributed by atoms with E-state index >= 15 is 0 Å². The van der Waals surface area contributed by atoms with E-state index in [2.05, 4.69) is 0 Å². The van der Waals surface area contributed by atoms with Crippen LogP contribution in [0.3, 0.4) is 0 Å². The molecule has 2 rings (SSSR count). The minimum absolute atomic E-state index is 0.322. The van der Waals surface area contributed by atoms with Gasteiger partial charge in [0.15, 0.2) is 6.10 Å². The van der Waals surface area contributed by atoms with E-state index in [0.717, 1.165) is 5.69 Å². The smallest absolute Gasteiger partial charge is 0.331 e. The molecule has 0 bridgehead atoms. The molecule has 0 saturated carbocycles. The number of carbonyl (C=O) groups excluding carboxylic acids is 2. The number of esters is 1. The molecule has 0 unspecified atom stereocenters. The van der Waals surface area contributed by atoms with Crippen molar-refractivity contribution in [3.63, 3.8) is 0 Å². The van der Waals surface area contributed by atoms with E-state index in [4.69, 9.17) is 27.9 Å². The summed E-state index contributed by atoms with van der Waals surface area (Å²) >= 11 is 11.9. The summed E-state index contributed by atoms with van der Waals surface area (Å²) in [4.78, 5) is 25.7. The first-order valence-electron chi connectivity index (χ1n) is 7.55. The molecule has 0 heterocycles. The molecule has 0 radical (unpaired) electrons. The molecule has 0 aliphatic rings. The van der Waals surface area contributed by atoms with Gasteiger partial charge in [-0.05, 0) is 42.8 Å². The molecule has 0 fully saturated rings. The van der Waals surface area contributed by atoms with Crippen molar-refractivity contribution in [1.29, 1.82) is 0 Å². The fourth-order valence-electron chi connectivity index (χ4n) is 2.11. The van der Waals surface area contributed by atoms with Gasteiger partial charge in [0.05, 0.1) is 0 Å². The maximum absolute atomic E-state index is 12.3. The lowest BCUT2D eigenvalue weighted by Gasteiger charge is -2.21. The van der Waals surface area contributed by atoms with Crippen LogP contribution in [-0.2, 0) is 14.3 Å². The third kappa shape index (κ3) is 5.34. The Labute approximate surface area is 156 Å². The summed E-state index contributed by atoms with van der Waals surface area (Å²) in [6, 6.07) is 14.0. The molecular weight excluding hydrogens is 361 g/mol. The first kappa shape index (κ1) is 19.0. The average Bonchev–Trinajstić information content (AvgIpc) is 2.60. The van der Waals surface area contributed by atoms with Gasteiger partial charge < -0.3 is 9.64 Å². The number of nitrogens with zero attached hydrogens (tertiary/aromatic N) is 1. The number of hydrogen-bond donors (Lipinski definition) is 0. The lowest BCUT2D eigenvalue weighted by molar-refractivity contribution is -0.148.